The summed E-state index contributed by atoms with van der Waals surface area (Å²) in [6.45, 7) is 1.62. The fourth-order valence-electron chi connectivity index (χ4n) is 6.18. The average Bonchev–Trinajstić information content (AvgIpc) is 2.54. The van der Waals surface area contributed by atoms with Crippen molar-refractivity contribution in [3.8, 4) is 0 Å². The van der Waals surface area contributed by atoms with E-state index in [1.807, 2.05) is 6.92 Å². The number of nitrogens with zero attached hydrogens (tertiary/aromatic N) is 1. The quantitative estimate of drug-likeness (QED) is 0.865. The average molecular weight is 382 g/mol. The molecule has 0 aliphatic heterocycles. The highest BCUT2D eigenvalue weighted by Crippen LogP contribution is 2.61. The summed E-state index contributed by atoms with van der Waals surface area (Å²) in [6.07, 6.45) is 3.81. The molecule has 0 unspecified atom stereocenters. The van der Waals surface area contributed by atoms with Crippen LogP contribution >= 0.6 is 0 Å². The molecule has 1 aromatic heterocycles. The predicted molar refractivity (Wildman–Crippen MR) is 93.9 cm³/mol. The van der Waals surface area contributed by atoms with Crippen LogP contribution in [0.25, 0.3) is 0 Å². The normalized spacial score (nSPS) is 33.1. The van der Waals surface area contributed by atoms with Gasteiger partial charge in [0.15, 0.2) is 0 Å². The monoisotopic (exact) mass is 382 g/mol. The molecule has 148 valence electrons. The Balaban J connectivity index is 1.45. The van der Waals surface area contributed by atoms with Gasteiger partial charge in [-0.1, -0.05) is 0 Å². The number of hydrogen-bond donors (Lipinski definition) is 1. The Labute approximate surface area is 156 Å². The van der Waals surface area contributed by atoms with E-state index in [2.05, 4.69) is 5.32 Å². The minimum absolute atomic E-state index is 0.0279. The third kappa shape index (κ3) is 3.41. The van der Waals surface area contributed by atoms with Crippen molar-refractivity contribution in [3.05, 3.63) is 34.2 Å². The third-order valence-corrected chi connectivity index (χ3v) is 7.02. The Morgan fingerprint density at radius 1 is 1.22 bits per heavy atom. The standard InChI is InChI=1S/C20H25F3N2O2/c1-12(19-8-13-5-14(9-19)7-15(6-13)10-19)24-17(26)11-25-4-2-3-16(18(25)27)20(21,22)23/h2-4,12-15H,5-11H2,1H3,(H,24,26)/t12-,13?,14?,15?,19?/m0/s1. The van der Waals surface area contributed by atoms with E-state index in [0.29, 0.717) is 0 Å². The number of rotatable bonds is 4. The first-order valence-electron chi connectivity index (χ1n) is 9.72. The van der Waals surface area contributed by atoms with Crippen LogP contribution in [0.4, 0.5) is 13.2 Å². The molecule has 1 heterocycles. The second-order valence-corrected chi connectivity index (χ2v) is 8.92. The Morgan fingerprint density at radius 2 is 1.78 bits per heavy atom. The molecule has 7 heteroatoms. The number of hydrogen-bond acceptors (Lipinski definition) is 2. The highest BCUT2D eigenvalue weighted by atomic mass is 19.4. The number of amides is 1. The summed E-state index contributed by atoms with van der Waals surface area (Å²) in [5.41, 5.74) is -2.31. The van der Waals surface area contributed by atoms with Crippen LogP contribution in [0.2, 0.25) is 0 Å². The van der Waals surface area contributed by atoms with E-state index in [-0.39, 0.29) is 18.0 Å². The minimum Gasteiger partial charge on any atom is -0.352 e. The third-order valence-electron chi connectivity index (χ3n) is 7.02. The zero-order valence-corrected chi connectivity index (χ0v) is 15.4. The fraction of sp³-hybridized carbons (Fsp3) is 0.700. The van der Waals surface area contributed by atoms with Gasteiger partial charge in [-0.2, -0.15) is 13.2 Å². The van der Waals surface area contributed by atoms with Crippen molar-refractivity contribution in [1.82, 2.24) is 9.88 Å². The molecule has 4 fully saturated rings. The van der Waals surface area contributed by atoms with Crippen LogP contribution in [0.5, 0.6) is 0 Å². The number of alkyl halides is 3. The van der Waals surface area contributed by atoms with Gasteiger partial charge in [0.1, 0.15) is 12.1 Å². The number of carbonyl (C=O) groups excluding carboxylic acids is 1. The van der Waals surface area contributed by atoms with Crippen molar-refractivity contribution in [2.75, 3.05) is 0 Å². The summed E-state index contributed by atoms with van der Waals surface area (Å²) in [4.78, 5) is 24.5. The van der Waals surface area contributed by atoms with Crippen molar-refractivity contribution >= 4 is 5.91 Å². The van der Waals surface area contributed by atoms with E-state index >= 15 is 0 Å². The van der Waals surface area contributed by atoms with Gasteiger partial charge in [0, 0.05) is 12.2 Å². The Bertz CT molecular complexity index is 764. The molecule has 4 saturated carbocycles. The molecule has 1 aromatic rings. The first-order valence-corrected chi connectivity index (χ1v) is 9.72. The number of aromatic nitrogens is 1. The maximum absolute atomic E-state index is 12.9. The second-order valence-electron chi connectivity index (χ2n) is 8.92. The first-order chi connectivity index (χ1) is 12.7. The zero-order chi connectivity index (χ0) is 19.4. The minimum atomic E-state index is -4.72. The summed E-state index contributed by atoms with van der Waals surface area (Å²) in [6, 6.07) is 1.87. The van der Waals surface area contributed by atoms with Crippen molar-refractivity contribution in [2.24, 2.45) is 23.2 Å². The van der Waals surface area contributed by atoms with Gasteiger partial charge in [-0.3, -0.25) is 9.59 Å². The lowest BCUT2D eigenvalue weighted by Gasteiger charge is -2.59. The lowest BCUT2D eigenvalue weighted by Crippen LogP contribution is -2.56. The van der Waals surface area contributed by atoms with Crippen LogP contribution < -0.4 is 10.9 Å². The highest BCUT2D eigenvalue weighted by Gasteiger charge is 2.53. The van der Waals surface area contributed by atoms with Gasteiger partial charge in [0.25, 0.3) is 5.56 Å². The summed E-state index contributed by atoms with van der Waals surface area (Å²) in [5.74, 6) is 1.85. The topological polar surface area (TPSA) is 51.1 Å². The molecule has 4 bridgehead atoms. The SMILES string of the molecule is C[C@H](NC(=O)Cn1cccc(C(F)(F)F)c1=O)C12CC3CC(CC(C3)C1)C2. The second kappa shape index (κ2) is 6.38. The number of pyridine rings is 1. The van der Waals surface area contributed by atoms with Gasteiger partial charge in [0.05, 0.1) is 0 Å². The van der Waals surface area contributed by atoms with Gasteiger partial charge in [0.2, 0.25) is 5.91 Å². The first kappa shape index (κ1) is 18.6. The zero-order valence-electron chi connectivity index (χ0n) is 15.4. The lowest BCUT2D eigenvalue weighted by molar-refractivity contribution is -0.139. The van der Waals surface area contributed by atoms with Crippen LogP contribution in [0.1, 0.15) is 51.0 Å². The van der Waals surface area contributed by atoms with E-state index in [4.69, 9.17) is 0 Å². The molecule has 0 spiro atoms. The molecule has 4 nitrogen and oxygen atoms in total. The van der Waals surface area contributed by atoms with Gasteiger partial charge in [-0.05, 0) is 80.8 Å². The van der Waals surface area contributed by atoms with Crippen LogP contribution in [0.3, 0.4) is 0 Å². The lowest BCUT2D eigenvalue weighted by atomic mass is 9.48. The number of carbonyl (C=O) groups is 1. The molecule has 0 saturated heterocycles. The van der Waals surface area contributed by atoms with Crippen LogP contribution in [0.15, 0.2) is 23.1 Å². The van der Waals surface area contributed by atoms with E-state index in [9.17, 15) is 22.8 Å². The molecule has 5 rings (SSSR count). The van der Waals surface area contributed by atoms with Crippen LogP contribution in [0, 0.1) is 23.2 Å². The van der Waals surface area contributed by atoms with Gasteiger partial charge >= 0.3 is 6.18 Å². The summed E-state index contributed by atoms with van der Waals surface area (Å²) >= 11 is 0. The molecule has 0 radical (unpaired) electrons. The summed E-state index contributed by atoms with van der Waals surface area (Å²) in [7, 11) is 0. The molecular weight excluding hydrogens is 357 g/mol. The van der Waals surface area contributed by atoms with Crippen molar-refractivity contribution in [3.63, 3.8) is 0 Å². The van der Waals surface area contributed by atoms with Crippen LogP contribution in [-0.4, -0.2) is 16.5 Å². The summed E-state index contributed by atoms with van der Waals surface area (Å²) < 4.78 is 39.5. The summed E-state index contributed by atoms with van der Waals surface area (Å²) in [5, 5.41) is 2.99. The molecule has 4 aliphatic carbocycles. The van der Waals surface area contributed by atoms with Crippen molar-refractivity contribution in [2.45, 2.75) is 64.2 Å². The molecular formula is C20H25F3N2O2. The fourth-order valence-corrected chi connectivity index (χ4v) is 6.18. The molecule has 0 aromatic carbocycles. The molecule has 27 heavy (non-hydrogen) atoms. The van der Waals surface area contributed by atoms with E-state index in [0.717, 1.165) is 53.7 Å². The van der Waals surface area contributed by atoms with Crippen LogP contribution in [-0.2, 0) is 17.5 Å². The maximum atomic E-state index is 12.9. The van der Waals surface area contributed by atoms with Gasteiger partial charge in [-0.15, -0.1) is 0 Å². The molecule has 1 N–H and O–H groups in total. The van der Waals surface area contributed by atoms with Gasteiger partial charge in [-0.25, -0.2) is 0 Å². The van der Waals surface area contributed by atoms with E-state index < -0.39 is 23.2 Å². The van der Waals surface area contributed by atoms with Gasteiger partial charge < -0.3 is 9.88 Å². The smallest absolute Gasteiger partial charge is 0.352 e. The maximum Gasteiger partial charge on any atom is 0.421 e. The van der Waals surface area contributed by atoms with Crippen molar-refractivity contribution < 1.29 is 18.0 Å². The number of halogens is 3. The Kier molecular flexibility index (Phi) is 4.39. The Morgan fingerprint density at radius 3 is 2.30 bits per heavy atom. The molecule has 1 atom stereocenters. The molecule has 4 aliphatic rings. The van der Waals surface area contributed by atoms with E-state index in [1.165, 1.54) is 25.5 Å². The van der Waals surface area contributed by atoms with Crippen molar-refractivity contribution in [1.29, 1.82) is 0 Å². The Hall–Kier alpha value is -1.79. The highest BCUT2D eigenvalue weighted by molar-refractivity contribution is 5.76. The predicted octanol–water partition coefficient (Wildman–Crippen LogP) is 3.59. The molecule has 1 amide bonds. The van der Waals surface area contributed by atoms with E-state index in [1.54, 1.807) is 0 Å². The largest absolute Gasteiger partial charge is 0.421 e. The number of nitrogens with one attached hydrogen (secondary N) is 1.